The number of ether oxygens (including phenoxy) is 1. The smallest absolute Gasteiger partial charge is 0.231 e. The van der Waals surface area contributed by atoms with Gasteiger partial charge in [0.1, 0.15) is 0 Å². The Hall–Kier alpha value is -1.14. The van der Waals surface area contributed by atoms with E-state index in [2.05, 4.69) is 11.9 Å². The van der Waals surface area contributed by atoms with Gasteiger partial charge in [-0.3, -0.25) is 9.69 Å². The fourth-order valence-corrected chi connectivity index (χ4v) is 2.85. The molecule has 0 spiro atoms. The minimum atomic E-state index is -0.324. The Morgan fingerprint density at radius 1 is 1.55 bits per heavy atom. The quantitative estimate of drug-likeness (QED) is 0.855. The van der Waals surface area contributed by atoms with Crippen molar-refractivity contribution in [2.45, 2.75) is 19.6 Å². The second kappa shape index (κ2) is 7.92. The van der Waals surface area contributed by atoms with Gasteiger partial charge in [-0.25, -0.2) is 0 Å². The summed E-state index contributed by atoms with van der Waals surface area (Å²) in [6.07, 6.45) is 0.103. The van der Waals surface area contributed by atoms with Crippen LogP contribution in [0, 0.1) is 6.92 Å². The number of rotatable bonds is 6. The monoisotopic (exact) mass is 325 g/mol. The van der Waals surface area contributed by atoms with Gasteiger partial charge in [0.15, 0.2) is 0 Å². The van der Waals surface area contributed by atoms with Gasteiger partial charge in [-0.05, 0) is 31.2 Å². The van der Waals surface area contributed by atoms with Gasteiger partial charge in [-0.1, -0.05) is 23.7 Å². The van der Waals surface area contributed by atoms with E-state index in [0.29, 0.717) is 13.1 Å². The first kappa shape index (κ1) is 17.2. The van der Waals surface area contributed by atoms with Gasteiger partial charge in [-0.15, -0.1) is 0 Å². The summed E-state index contributed by atoms with van der Waals surface area (Å²) < 4.78 is 5.78. The molecule has 6 heteroatoms. The van der Waals surface area contributed by atoms with Gasteiger partial charge in [0, 0.05) is 31.2 Å². The lowest BCUT2D eigenvalue weighted by Crippen LogP contribution is -2.47. The maximum atomic E-state index is 11.3. The first-order chi connectivity index (χ1) is 10.4. The maximum Gasteiger partial charge on any atom is 0.231 e. The lowest BCUT2D eigenvalue weighted by molar-refractivity contribution is -0.120. The van der Waals surface area contributed by atoms with E-state index < -0.39 is 0 Å². The molecule has 0 saturated carbocycles. The number of nitrogens with two attached hydrogens (primary N) is 1. The molecule has 1 aromatic carbocycles. The highest BCUT2D eigenvalue weighted by Gasteiger charge is 2.21. The van der Waals surface area contributed by atoms with Crippen molar-refractivity contribution in [1.29, 1.82) is 0 Å². The number of benzene rings is 1. The molecule has 1 amide bonds. The summed E-state index contributed by atoms with van der Waals surface area (Å²) in [6.45, 7) is 6.09. The number of amides is 1. The lowest BCUT2D eigenvalue weighted by atomic mass is 10.1. The third-order valence-corrected chi connectivity index (χ3v) is 4.24. The van der Waals surface area contributed by atoms with E-state index in [-0.39, 0.29) is 18.6 Å². The number of hydrogen-bond donors (Lipinski definition) is 1. The van der Waals surface area contributed by atoms with E-state index in [1.807, 2.05) is 30.0 Å². The van der Waals surface area contributed by atoms with E-state index in [0.717, 1.165) is 35.8 Å². The molecule has 1 aliphatic rings. The zero-order chi connectivity index (χ0) is 16.1. The third kappa shape index (κ3) is 5.25. The lowest BCUT2D eigenvalue weighted by Gasteiger charge is -2.33. The van der Waals surface area contributed by atoms with Crippen molar-refractivity contribution >= 4 is 17.5 Å². The fraction of sp³-hybridized carbons (Fsp3) is 0.562. The van der Waals surface area contributed by atoms with Crippen LogP contribution in [0.2, 0.25) is 5.02 Å². The van der Waals surface area contributed by atoms with Crippen molar-refractivity contribution in [3.63, 3.8) is 0 Å². The van der Waals surface area contributed by atoms with Gasteiger partial charge in [0.2, 0.25) is 5.91 Å². The van der Waals surface area contributed by atoms with E-state index >= 15 is 0 Å². The SMILES string of the molecule is Cc1cc(CN(CC(N)=O)CC2CN(C)CCO2)ccc1Cl. The topological polar surface area (TPSA) is 58.8 Å². The second-order valence-corrected chi connectivity index (χ2v) is 6.38. The number of hydrogen-bond acceptors (Lipinski definition) is 4. The summed E-state index contributed by atoms with van der Waals surface area (Å²) in [6, 6.07) is 5.92. The zero-order valence-corrected chi connectivity index (χ0v) is 14.0. The predicted molar refractivity (Wildman–Crippen MR) is 87.9 cm³/mol. The highest BCUT2D eigenvalue weighted by Crippen LogP contribution is 2.18. The van der Waals surface area contributed by atoms with Crippen LogP contribution in [0.5, 0.6) is 0 Å². The molecule has 1 heterocycles. The number of likely N-dealkylation sites (N-methyl/N-ethyl adjacent to an activating group) is 1. The van der Waals surface area contributed by atoms with Crippen molar-refractivity contribution in [1.82, 2.24) is 9.80 Å². The molecule has 1 saturated heterocycles. The van der Waals surface area contributed by atoms with Crippen LogP contribution < -0.4 is 5.73 Å². The molecule has 1 unspecified atom stereocenters. The van der Waals surface area contributed by atoms with Gasteiger partial charge >= 0.3 is 0 Å². The summed E-state index contributed by atoms with van der Waals surface area (Å²) >= 11 is 6.06. The van der Waals surface area contributed by atoms with Gasteiger partial charge in [0.25, 0.3) is 0 Å². The average molecular weight is 326 g/mol. The van der Waals surface area contributed by atoms with Crippen LogP contribution in [-0.2, 0) is 16.1 Å². The third-order valence-electron chi connectivity index (χ3n) is 3.81. The summed E-state index contributed by atoms with van der Waals surface area (Å²) in [5, 5.41) is 0.752. The number of halogens is 1. The largest absolute Gasteiger partial charge is 0.374 e. The van der Waals surface area contributed by atoms with E-state index in [1.54, 1.807) is 0 Å². The van der Waals surface area contributed by atoms with Crippen molar-refractivity contribution in [2.75, 3.05) is 39.8 Å². The Balaban J connectivity index is 2.01. The average Bonchev–Trinajstić information content (AvgIpc) is 2.42. The molecule has 1 aromatic rings. The molecule has 122 valence electrons. The number of carbonyl (C=O) groups is 1. The van der Waals surface area contributed by atoms with Gasteiger partial charge in [0.05, 0.1) is 19.3 Å². The highest BCUT2D eigenvalue weighted by atomic mass is 35.5. The Kier molecular flexibility index (Phi) is 6.20. The first-order valence-electron chi connectivity index (χ1n) is 7.50. The Morgan fingerprint density at radius 2 is 2.32 bits per heavy atom. The van der Waals surface area contributed by atoms with E-state index in [4.69, 9.17) is 22.1 Å². The number of primary amides is 1. The molecule has 1 fully saturated rings. The maximum absolute atomic E-state index is 11.3. The Morgan fingerprint density at radius 3 is 2.95 bits per heavy atom. The standard InChI is InChI=1S/C16H24ClN3O2/c1-12-7-13(3-4-15(12)17)8-20(11-16(18)21)10-14-9-19(2)5-6-22-14/h3-4,7,14H,5-6,8-11H2,1-2H3,(H2,18,21). The van der Waals surface area contributed by atoms with Crippen molar-refractivity contribution in [3.05, 3.63) is 34.3 Å². The van der Waals surface area contributed by atoms with E-state index in [9.17, 15) is 4.79 Å². The van der Waals surface area contributed by atoms with Crippen molar-refractivity contribution < 1.29 is 9.53 Å². The molecule has 2 N–H and O–H groups in total. The number of morpholine rings is 1. The van der Waals surface area contributed by atoms with Crippen molar-refractivity contribution in [2.24, 2.45) is 5.73 Å². The minimum absolute atomic E-state index is 0.103. The highest BCUT2D eigenvalue weighted by molar-refractivity contribution is 6.31. The van der Waals surface area contributed by atoms with Crippen LogP contribution in [0.25, 0.3) is 0 Å². The van der Waals surface area contributed by atoms with Crippen LogP contribution >= 0.6 is 11.6 Å². The van der Waals surface area contributed by atoms with Crippen LogP contribution in [0.15, 0.2) is 18.2 Å². The predicted octanol–water partition coefficient (Wildman–Crippen LogP) is 1.27. The molecule has 1 atom stereocenters. The summed E-state index contributed by atoms with van der Waals surface area (Å²) in [7, 11) is 2.08. The molecular formula is C16H24ClN3O2. The summed E-state index contributed by atoms with van der Waals surface area (Å²) in [5.41, 5.74) is 7.53. The molecule has 0 aliphatic carbocycles. The summed E-state index contributed by atoms with van der Waals surface area (Å²) in [4.78, 5) is 15.6. The Labute approximate surface area is 137 Å². The zero-order valence-electron chi connectivity index (χ0n) is 13.2. The Bertz CT molecular complexity index is 524. The molecule has 0 aromatic heterocycles. The first-order valence-corrected chi connectivity index (χ1v) is 7.87. The molecule has 22 heavy (non-hydrogen) atoms. The molecule has 5 nitrogen and oxygen atoms in total. The molecule has 1 aliphatic heterocycles. The van der Waals surface area contributed by atoms with Crippen LogP contribution in [0.1, 0.15) is 11.1 Å². The molecular weight excluding hydrogens is 302 g/mol. The van der Waals surface area contributed by atoms with Crippen LogP contribution in [-0.4, -0.2) is 61.6 Å². The number of nitrogens with zero attached hydrogens (tertiary/aromatic N) is 2. The molecule has 2 rings (SSSR count). The van der Waals surface area contributed by atoms with Crippen molar-refractivity contribution in [3.8, 4) is 0 Å². The van der Waals surface area contributed by atoms with Gasteiger partial charge < -0.3 is 15.4 Å². The second-order valence-electron chi connectivity index (χ2n) is 5.97. The number of carbonyl (C=O) groups excluding carboxylic acids is 1. The molecule has 0 radical (unpaired) electrons. The number of aryl methyl sites for hydroxylation is 1. The normalized spacial score (nSPS) is 19.5. The summed E-state index contributed by atoms with van der Waals surface area (Å²) in [5.74, 6) is -0.324. The fourth-order valence-electron chi connectivity index (χ4n) is 2.73. The van der Waals surface area contributed by atoms with Crippen LogP contribution in [0.3, 0.4) is 0 Å². The molecule has 0 bridgehead atoms. The van der Waals surface area contributed by atoms with Crippen LogP contribution in [0.4, 0.5) is 0 Å². The van der Waals surface area contributed by atoms with E-state index in [1.165, 1.54) is 0 Å². The van der Waals surface area contributed by atoms with Gasteiger partial charge in [-0.2, -0.15) is 0 Å². The minimum Gasteiger partial charge on any atom is -0.374 e.